The molecule has 2 heteroatoms. The molecule has 1 aliphatic rings. The maximum atomic E-state index is 2.20. The highest BCUT2D eigenvalue weighted by Crippen LogP contribution is 2.30. The maximum Gasteiger partial charge on any atom is 0.00722 e. The van der Waals surface area contributed by atoms with Gasteiger partial charge in [0.15, 0.2) is 0 Å². The van der Waals surface area contributed by atoms with Crippen LogP contribution in [-0.4, -0.2) is 16.8 Å². The van der Waals surface area contributed by atoms with Crippen molar-refractivity contribution in [3.05, 3.63) is 30.3 Å². The molecular weight excluding hydrogens is 220 g/mol. The maximum absolute atomic E-state index is 2.20. The monoisotopic (exact) mass is 238 g/mol. The van der Waals surface area contributed by atoms with Gasteiger partial charge in [-0.25, -0.2) is 0 Å². The molecule has 1 saturated carbocycles. The van der Waals surface area contributed by atoms with Gasteiger partial charge in [-0.05, 0) is 25.0 Å². The Labute approximate surface area is 101 Å². The lowest BCUT2D eigenvalue weighted by atomic mass is 10.4. The summed E-state index contributed by atoms with van der Waals surface area (Å²) in [5, 5.41) is 0.973. The van der Waals surface area contributed by atoms with E-state index in [1.807, 2.05) is 11.8 Å². The number of hydrogen-bond donors (Lipinski definition) is 0. The molecule has 0 saturated heterocycles. The van der Waals surface area contributed by atoms with Gasteiger partial charge in [0.1, 0.15) is 0 Å². The summed E-state index contributed by atoms with van der Waals surface area (Å²) in [6, 6.07) is 10.7. The van der Waals surface area contributed by atoms with E-state index in [9.17, 15) is 0 Å². The van der Waals surface area contributed by atoms with Gasteiger partial charge in [-0.3, -0.25) is 0 Å². The van der Waals surface area contributed by atoms with Crippen molar-refractivity contribution >= 4 is 23.5 Å². The lowest BCUT2D eigenvalue weighted by molar-refractivity contribution is 0.886. The molecule has 0 unspecified atom stereocenters. The van der Waals surface area contributed by atoms with Crippen LogP contribution >= 0.6 is 23.5 Å². The Kier molecular flexibility index (Phi) is 4.94. The number of thioether (sulfide) groups is 2. The summed E-state index contributed by atoms with van der Waals surface area (Å²) in [6.07, 6.45) is 5.84. The Morgan fingerprint density at radius 2 is 1.73 bits per heavy atom. The number of rotatable bonds is 5. The molecule has 0 aromatic heterocycles. The van der Waals surface area contributed by atoms with Gasteiger partial charge in [-0.2, -0.15) is 11.8 Å². The largest absolute Gasteiger partial charge is 0.158 e. The SMILES string of the molecule is c1ccc(SCCSC2CCCC2)cc1. The average Bonchev–Trinajstić information content (AvgIpc) is 2.79. The van der Waals surface area contributed by atoms with Crippen LogP contribution in [0.5, 0.6) is 0 Å². The predicted octanol–water partition coefficient (Wildman–Crippen LogP) is 4.45. The zero-order valence-corrected chi connectivity index (χ0v) is 10.7. The summed E-state index contributed by atoms with van der Waals surface area (Å²) in [4.78, 5) is 1.41. The molecule has 1 aromatic carbocycles. The third-order valence-corrected chi connectivity index (χ3v) is 5.41. The van der Waals surface area contributed by atoms with E-state index < -0.39 is 0 Å². The highest BCUT2D eigenvalue weighted by atomic mass is 32.2. The highest BCUT2D eigenvalue weighted by molar-refractivity contribution is 8.03. The second-order valence-corrected chi connectivity index (χ2v) is 6.52. The van der Waals surface area contributed by atoms with Crippen molar-refractivity contribution in [1.82, 2.24) is 0 Å². The van der Waals surface area contributed by atoms with Crippen LogP contribution in [0.15, 0.2) is 35.2 Å². The molecule has 0 aliphatic heterocycles. The molecule has 0 bridgehead atoms. The first-order valence-electron chi connectivity index (χ1n) is 5.74. The molecule has 15 heavy (non-hydrogen) atoms. The lowest BCUT2D eigenvalue weighted by Gasteiger charge is -2.07. The van der Waals surface area contributed by atoms with Crippen LogP contribution in [0.25, 0.3) is 0 Å². The minimum absolute atomic E-state index is 0.973. The van der Waals surface area contributed by atoms with E-state index in [1.54, 1.807) is 0 Å². The fourth-order valence-electron chi connectivity index (χ4n) is 1.95. The summed E-state index contributed by atoms with van der Waals surface area (Å²) in [5.41, 5.74) is 0. The number of benzene rings is 1. The van der Waals surface area contributed by atoms with Gasteiger partial charge in [0, 0.05) is 21.7 Å². The second kappa shape index (κ2) is 6.49. The first-order valence-corrected chi connectivity index (χ1v) is 7.78. The molecule has 0 atom stereocenters. The van der Waals surface area contributed by atoms with Crippen LogP contribution in [-0.2, 0) is 0 Å². The topological polar surface area (TPSA) is 0 Å². The lowest BCUT2D eigenvalue weighted by Crippen LogP contribution is -1.96. The molecule has 1 aromatic rings. The molecule has 0 amide bonds. The molecule has 0 nitrogen and oxygen atoms in total. The Hall–Kier alpha value is -0.0800. The van der Waals surface area contributed by atoms with Crippen LogP contribution in [0, 0.1) is 0 Å². The van der Waals surface area contributed by atoms with Crippen molar-refractivity contribution in [2.45, 2.75) is 35.8 Å². The molecule has 1 fully saturated rings. The Balaban J connectivity index is 1.59. The van der Waals surface area contributed by atoms with Crippen molar-refractivity contribution in [1.29, 1.82) is 0 Å². The van der Waals surface area contributed by atoms with Gasteiger partial charge in [0.05, 0.1) is 0 Å². The van der Waals surface area contributed by atoms with Crippen molar-refractivity contribution in [3.8, 4) is 0 Å². The van der Waals surface area contributed by atoms with Crippen LogP contribution in [0.4, 0.5) is 0 Å². The van der Waals surface area contributed by atoms with Crippen LogP contribution in [0.2, 0.25) is 0 Å². The standard InChI is InChI=1S/C13H18S2/c1-2-6-12(7-3-1)14-10-11-15-13-8-4-5-9-13/h1-3,6-7,13H,4-5,8-11H2. The van der Waals surface area contributed by atoms with Crippen molar-refractivity contribution < 1.29 is 0 Å². The first kappa shape index (κ1) is 11.4. The third kappa shape index (κ3) is 4.12. The number of hydrogen-bond acceptors (Lipinski definition) is 2. The second-order valence-electron chi connectivity index (χ2n) is 3.94. The zero-order chi connectivity index (χ0) is 10.3. The molecule has 0 heterocycles. The van der Waals surface area contributed by atoms with Crippen LogP contribution in [0.1, 0.15) is 25.7 Å². The van der Waals surface area contributed by atoms with Gasteiger partial charge >= 0.3 is 0 Å². The van der Waals surface area contributed by atoms with Gasteiger partial charge < -0.3 is 0 Å². The quantitative estimate of drug-likeness (QED) is 0.549. The van der Waals surface area contributed by atoms with Crippen LogP contribution < -0.4 is 0 Å². The van der Waals surface area contributed by atoms with E-state index in [0.717, 1.165) is 5.25 Å². The summed E-state index contributed by atoms with van der Waals surface area (Å²) in [7, 11) is 0. The minimum Gasteiger partial charge on any atom is -0.158 e. The zero-order valence-electron chi connectivity index (χ0n) is 9.02. The molecule has 0 spiro atoms. The van der Waals surface area contributed by atoms with E-state index in [4.69, 9.17) is 0 Å². The van der Waals surface area contributed by atoms with Crippen LogP contribution in [0.3, 0.4) is 0 Å². The predicted molar refractivity (Wildman–Crippen MR) is 71.9 cm³/mol. The van der Waals surface area contributed by atoms with Gasteiger partial charge in [0.2, 0.25) is 0 Å². The van der Waals surface area contributed by atoms with Gasteiger partial charge in [0.25, 0.3) is 0 Å². The Bertz CT molecular complexity index is 265. The average molecular weight is 238 g/mol. The minimum atomic E-state index is 0.973. The molecular formula is C13H18S2. The normalized spacial score (nSPS) is 17.1. The molecule has 82 valence electrons. The van der Waals surface area contributed by atoms with Gasteiger partial charge in [-0.15, -0.1) is 11.8 Å². The van der Waals surface area contributed by atoms with E-state index >= 15 is 0 Å². The van der Waals surface area contributed by atoms with Gasteiger partial charge in [-0.1, -0.05) is 31.0 Å². The molecule has 0 N–H and O–H groups in total. The van der Waals surface area contributed by atoms with E-state index in [2.05, 4.69) is 42.1 Å². The first-order chi connectivity index (χ1) is 7.45. The Morgan fingerprint density at radius 1 is 1.00 bits per heavy atom. The van der Waals surface area contributed by atoms with E-state index in [0.29, 0.717) is 0 Å². The molecule has 1 aliphatic carbocycles. The van der Waals surface area contributed by atoms with E-state index in [1.165, 1.54) is 42.1 Å². The summed E-state index contributed by atoms with van der Waals surface area (Å²) in [5.74, 6) is 2.56. The summed E-state index contributed by atoms with van der Waals surface area (Å²) < 4.78 is 0. The fourth-order valence-corrected chi connectivity index (χ4v) is 4.25. The summed E-state index contributed by atoms with van der Waals surface area (Å²) in [6.45, 7) is 0. The highest BCUT2D eigenvalue weighted by Gasteiger charge is 2.14. The van der Waals surface area contributed by atoms with Crippen molar-refractivity contribution in [3.63, 3.8) is 0 Å². The summed E-state index contributed by atoms with van der Waals surface area (Å²) >= 11 is 4.17. The third-order valence-electron chi connectivity index (χ3n) is 2.75. The molecule has 0 radical (unpaired) electrons. The van der Waals surface area contributed by atoms with Crippen molar-refractivity contribution in [2.75, 3.05) is 11.5 Å². The molecule has 2 rings (SSSR count). The van der Waals surface area contributed by atoms with E-state index in [-0.39, 0.29) is 0 Å². The van der Waals surface area contributed by atoms with Crippen molar-refractivity contribution in [2.24, 2.45) is 0 Å². The fraction of sp³-hybridized carbons (Fsp3) is 0.538. The Morgan fingerprint density at radius 3 is 2.47 bits per heavy atom. The smallest absolute Gasteiger partial charge is 0.00722 e.